The van der Waals surface area contributed by atoms with Crippen LogP contribution in [0.25, 0.3) is 0 Å². The highest BCUT2D eigenvalue weighted by Gasteiger charge is 2.10. The molecule has 1 amide bonds. The molecule has 0 saturated carbocycles. The molecule has 2 rings (SSSR count). The van der Waals surface area contributed by atoms with Crippen LogP contribution in [0.1, 0.15) is 24.5 Å². The average Bonchev–Trinajstić information content (AvgIpc) is 2.57. The molecule has 6 nitrogen and oxygen atoms in total. The lowest BCUT2D eigenvalue weighted by atomic mass is 10.1. The molecule has 0 saturated heterocycles. The Morgan fingerprint density at radius 3 is 2.44 bits per heavy atom. The Kier molecular flexibility index (Phi) is 6.50. The van der Waals surface area contributed by atoms with Gasteiger partial charge in [0.2, 0.25) is 5.91 Å². The molecular formula is C17H15Cl2N3O3. The SMILES string of the molecule is CC/C(=N/NC(=O)Cc1ccc([N+](=O)[O-])cc1)c1ccc(Cl)cc1Cl. The molecule has 0 aromatic heterocycles. The molecule has 0 bridgehead atoms. The van der Waals surface area contributed by atoms with Crippen LogP contribution in [0.15, 0.2) is 47.6 Å². The summed E-state index contributed by atoms with van der Waals surface area (Å²) in [4.78, 5) is 22.1. The van der Waals surface area contributed by atoms with E-state index in [-0.39, 0.29) is 18.0 Å². The lowest BCUT2D eigenvalue weighted by Crippen LogP contribution is -2.22. The van der Waals surface area contributed by atoms with Gasteiger partial charge in [0.25, 0.3) is 5.69 Å². The fourth-order valence-electron chi connectivity index (χ4n) is 2.14. The molecule has 25 heavy (non-hydrogen) atoms. The Balaban J connectivity index is 2.05. The number of hydrogen-bond donors (Lipinski definition) is 1. The number of benzene rings is 2. The lowest BCUT2D eigenvalue weighted by molar-refractivity contribution is -0.384. The van der Waals surface area contributed by atoms with E-state index in [0.717, 1.165) is 0 Å². The van der Waals surface area contributed by atoms with E-state index in [9.17, 15) is 14.9 Å². The van der Waals surface area contributed by atoms with Crippen LogP contribution in [0, 0.1) is 10.1 Å². The van der Waals surface area contributed by atoms with E-state index in [1.807, 2.05) is 6.92 Å². The third-order valence-electron chi connectivity index (χ3n) is 3.40. The minimum atomic E-state index is -0.489. The van der Waals surface area contributed by atoms with Crippen molar-refractivity contribution < 1.29 is 9.72 Å². The van der Waals surface area contributed by atoms with Crippen molar-refractivity contribution >= 4 is 40.5 Å². The van der Waals surface area contributed by atoms with Crippen molar-refractivity contribution in [2.24, 2.45) is 5.10 Å². The first-order valence-electron chi connectivity index (χ1n) is 7.45. The molecule has 0 aliphatic heterocycles. The summed E-state index contributed by atoms with van der Waals surface area (Å²) in [7, 11) is 0. The fraction of sp³-hybridized carbons (Fsp3) is 0.176. The topological polar surface area (TPSA) is 84.6 Å². The third-order valence-corrected chi connectivity index (χ3v) is 3.95. The average molecular weight is 380 g/mol. The molecule has 0 heterocycles. The minimum absolute atomic E-state index is 0.0205. The van der Waals surface area contributed by atoms with Crippen LogP contribution in [-0.2, 0) is 11.2 Å². The maximum Gasteiger partial charge on any atom is 0.269 e. The third kappa shape index (κ3) is 5.27. The second-order valence-corrected chi connectivity index (χ2v) is 6.02. The van der Waals surface area contributed by atoms with E-state index >= 15 is 0 Å². The minimum Gasteiger partial charge on any atom is -0.273 e. The van der Waals surface area contributed by atoms with Crippen LogP contribution >= 0.6 is 23.2 Å². The summed E-state index contributed by atoms with van der Waals surface area (Å²) in [5.41, 5.74) is 4.44. The highest BCUT2D eigenvalue weighted by molar-refractivity contribution is 6.37. The molecule has 0 aliphatic carbocycles. The Labute approximate surface area is 154 Å². The zero-order valence-corrected chi connectivity index (χ0v) is 14.8. The summed E-state index contributed by atoms with van der Waals surface area (Å²) in [6.45, 7) is 1.90. The summed E-state index contributed by atoms with van der Waals surface area (Å²) >= 11 is 12.0. The number of nitrogens with one attached hydrogen (secondary N) is 1. The van der Waals surface area contributed by atoms with Crippen molar-refractivity contribution in [1.82, 2.24) is 5.43 Å². The maximum absolute atomic E-state index is 12.0. The number of nitro groups is 1. The van der Waals surface area contributed by atoms with Crippen molar-refractivity contribution in [2.75, 3.05) is 0 Å². The van der Waals surface area contributed by atoms with Gasteiger partial charge < -0.3 is 0 Å². The highest BCUT2D eigenvalue weighted by atomic mass is 35.5. The summed E-state index contributed by atoms with van der Waals surface area (Å²) in [6, 6.07) is 10.9. The van der Waals surface area contributed by atoms with Crippen LogP contribution in [0.4, 0.5) is 5.69 Å². The summed E-state index contributed by atoms with van der Waals surface area (Å²) in [5.74, 6) is -0.329. The monoisotopic (exact) mass is 379 g/mol. The van der Waals surface area contributed by atoms with Crippen LogP contribution in [-0.4, -0.2) is 16.5 Å². The zero-order valence-electron chi connectivity index (χ0n) is 13.3. The Bertz CT molecular complexity index is 820. The molecule has 0 fully saturated rings. The summed E-state index contributed by atoms with van der Waals surface area (Å²) < 4.78 is 0. The van der Waals surface area contributed by atoms with Crippen LogP contribution in [0.5, 0.6) is 0 Å². The van der Waals surface area contributed by atoms with E-state index in [0.29, 0.717) is 33.3 Å². The van der Waals surface area contributed by atoms with Crippen molar-refractivity contribution in [1.29, 1.82) is 0 Å². The van der Waals surface area contributed by atoms with E-state index in [1.54, 1.807) is 18.2 Å². The van der Waals surface area contributed by atoms with Gasteiger partial charge in [-0.05, 0) is 24.1 Å². The summed E-state index contributed by atoms with van der Waals surface area (Å²) in [5, 5.41) is 15.7. The lowest BCUT2D eigenvalue weighted by Gasteiger charge is -2.08. The number of hydrazone groups is 1. The molecule has 2 aromatic rings. The van der Waals surface area contributed by atoms with Gasteiger partial charge in [-0.2, -0.15) is 5.10 Å². The molecule has 0 spiro atoms. The van der Waals surface area contributed by atoms with Crippen molar-refractivity contribution in [3.8, 4) is 0 Å². The molecule has 0 unspecified atom stereocenters. The number of halogens is 2. The largest absolute Gasteiger partial charge is 0.273 e. The quantitative estimate of drug-likeness (QED) is 0.459. The normalized spacial score (nSPS) is 11.2. The molecular weight excluding hydrogens is 365 g/mol. The number of amides is 1. The fourth-order valence-corrected chi connectivity index (χ4v) is 2.66. The van der Waals surface area contributed by atoms with Gasteiger partial charge in [0.05, 0.1) is 22.1 Å². The van der Waals surface area contributed by atoms with Crippen molar-refractivity contribution in [3.05, 3.63) is 73.8 Å². The molecule has 8 heteroatoms. The number of non-ortho nitro benzene ring substituents is 1. The van der Waals surface area contributed by atoms with Gasteiger partial charge in [-0.3, -0.25) is 14.9 Å². The van der Waals surface area contributed by atoms with Gasteiger partial charge in [-0.25, -0.2) is 5.43 Å². The number of hydrogen-bond acceptors (Lipinski definition) is 4. The standard InChI is InChI=1S/C17H15Cl2N3O3/c1-2-16(14-8-5-12(18)10-15(14)19)20-21-17(23)9-11-3-6-13(7-4-11)22(24)25/h3-8,10H,2,9H2,1H3,(H,21,23)/b20-16-. The van der Waals surface area contributed by atoms with Gasteiger partial charge in [0.1, 0.15) is 0 Å². The number of carbonyl (C=O) groups excluding carboxylic acids is 1. The van der Waals surface area contributed by atoms with Crippen LogP contribution in [0.2, 0.25) is 10.0 Å². The molecule has 1 N–H and O–H groups in total. The van der Waals surface area contributed by atoms with Crippen LogP contribution < -0.4 is 5.43 Å². The van der Waals surface area contributed by atoms with Crippen LogP contribution in [0.3, 0.4) is 0 Å². The summed E-state index contributed by atoms with van der Waals surface area (Å²) in [6.07, 6.45) is 0.631. The maximum atomic E-state index is 12.0. The number of carbonyl (C=O) groups is 1. The zero-order chi connectivity index (χ0) is 18.4. The molecule has 0 aliphatic rings. The van der Waals surface area contributed by atoms with Gasteiger partial charge in [0, 0.05) is 22.7 Å². The van der Waals surface area contributed by atoms with E-state index in [2.05, 4.69) is 10.5 Å². The van der Waals surface area contributed by atoms with Gasteiger partial charge in [0.15, 0.2) is 0 Å². The van der Waals surface area contributed by atoms with Gasteiger partial charge in [-0.15, -0.1) is 0 Å². The predicted molar refractivity (Wildman–Crippen MR) is 98.2 cm³/mol. The number of nitrogens with zero attached hydrogens (tertiary/aromatic N) is 2. The molecule has 2 aromatic carbocycles. The first-order chi connectivity index (χ1) is 11.9. The van der Waals surface area contributed by atoms with Gasteiger partial charge >= 0.3 is 0 Å². The van der Waals surface area contributed by atoms with Gasteiger partial charge in [-0.1, -0.05) is 48.3 Å². The molecule has 0 radical (unpaired) electrons. The van der Waals surface area contributed by atoms with Crippen molar-refractivity contribution in [3.63, 3.8) is 0 Å². The van der Waals surface area contributed by atoms with E-state index < -0.39 is 4.92 Å². The Morgan fingerprint density at radius 1 is 1.20 bits per heavy atom. The smallest absolute Gasteiger partial charge is 0.269 e. The molecule has 0 atom stereocenters. The van der Waals surface area contributed by atoms with E-state index in [1.165, 1.54) is 24.3 Å². The second-order valence-electron chi connectivity index (χ2n) is 5.17. The first-order valence-corrected chi connectivity index (χ1v) is 8.20. The Hall–Kier alpha value is -2.44. The highest BCUT2D eigenvalue weighted by Crippen LogP contribution is 2.22. The van der Waals surface area contributed by atoms with E-state index in [4.69, 9.17) is 23.2 Å². The second kappa shape index (κ2) is 8.60. The first kappa shape index (κ1) is 18.9. The Morgan fingerprint density at radius 2 is 1.88 bits per heavy atom. The number of nitro benzene ring substituents is 1. The van der Waals surface area contributed by atoms with Crippen molar-refractivity contribution in [2.45, 2.75) is 19.8 Å². The predicted octanol–water partition coefficient (Wildman–Crippen LogP) is 4.37. The molecule has 130 valence electrons. The number of rotatable bonds is 6.